The zero-order chi connectivity index (χ0) is 47.1. The van der Waals surface area contributed by atoms with Gasteiger partial charge in [0.25, 0.3) is 0 Å². The molecule has 2 nitrogen and oxygen atoms in total. The lowest BCUT2D eigenvalue weighted by Gasteiger charge is -2.42. The number of para-hydroxylation sites is 4. The van der Waals surface area contributed by atoms with Gasteiger partial charge in [-0.15, -0.1) is 0 Å². The summed E-state index contributed by atoms with van der Waals surface area (Å²) in [4.78, 5) is 5.00. The molecular weight excluding hydrogens is 845 g/mol. The Hall–Kier alpha value is -8.46. The van der Waals surface area contributed by atoms with Crippen LogP contribution in [-0.4, -0.2) is 0 Å². The summed E-state index contributed by atoms with van der Waals surface area (Å²) < 4.78 is 0. The van der Waals surface area contributed by atoms with Gasteiger partial charge >= 0.3 is 0 Å². The summed E-state index contributed by atoms with van der Waals surface area (Å²) in [6.45, 7) is 9.44. The number of anilines is 6. The molecule has 0 bridgehead atoms. The quantitative estimate of drug-likeness (QED) is 0.153. The molecule has 0 amide bonds. The molecule has 13 rings (SSSR count). The maximum atomic E-state index is 2.50. The van der Waals surface area contributed by atoms with Crippen LogP contribution in [0.3, 0.4) is 0 Å². The Morgan fingerprint density at radius 1 is 0.257 bits per heavy atom. The highest BCUT2D eigenvalue weighted by Crippen LogP contribution is 2.56. The maximum absolute atomic E-state index is 2.50. The minimum Gasteiger partial charge on any atom is -0.310 e. The van der Waals surface area contributed by atoms with Crippen LogP contribution in [0.5, 0.6) is 0 Å². The summed E-state index contributed by atoms with van der Waals surface area (Å²) in [5.41, 5.74) is 21.6. The molecule has 2 aliphatic heterocycles. The van der Waals surface area contributed by atoms with Crippen LogP contribution in [0.15, 0.2) is 243 Å². The largest absolute Gasteiger partial charge is 0.310 e. The fourth-order valence-corrected chi connectivity index (χ4v) is 12.1. The minimum absolute atomic E-state index is 0.173. The molecule has 0 saturated heterocycles. The van der Waals surface area contributed by atoms with E-state index < -0.39 is 0 Å². The first-order chi connectivity index (χ1) is 34.3. The van der Waals surface area contributed by atoms with Gasteiger partial charge in [-0.25, -0.2) is 0 Å². The smallest absolute Gasteiger partial charge is 0.0502 e. The van der Waals surface area contributed by atoms with E-state index in [-0.39, 0.29) is 10.8 Å². The fraction of sp³-hybridized carbons (Fsp3) is 0.0882. The average molecular weight is 897 g/mol. The van der Waals surface area contributed by atoms with Gasteiger partial charge in [-0.05, 0) is 137 Å². The predicted molar refractivity (Wildman–Crippen MR) is 297 cm³/mol. The molecule has 70 heavy (non-hydrogen) atoms. The third kappa shape index (κ3) is 6.33. The van der Waals surface area contributed by atoms with Crippen molar-refractivity contribution >= 4 is 55.7 Å². The molecule has 0 unspecified atom stereocenters. The molecule has 0 radical (unpaired) electrons. The van der Waals surface area contributed by atoms with Crippen molar-refractivity contribution in [2.75, 3.05) is 9.80 Å². The van der Waals surface area contributed by atoms with Gasteiger partial charge < -0.3 is 9.80 Å². The highest BCUT2D eigenvalue weighted by atomic mass is 15.2. The second-order valence-corrected chi connectivity index (χ2v) is 20.0. The Kier molecular flexibility index (Phi) is 9.58. The van der Waals surface area contributed by atoms with Gasteiger partial charge in [-0.3, -0.25) is 0 Å². The maximum Gasteiger partial charge on any atom is 0.0502 e. The first-order valence-corrected chi connectivity index (χ1v) is 24.6. The van der Waals surface area contributed by atoms with Crippen LogP contribution < -0.4 is 9.80 Å². The van der Waals surface area contributed by atoms with Crippen molar-refractivity contribution in [2.24, 2.45) is 0 Å². The first kappa shape index (κ1) is 41.7. The van der Waals surface area contributed by atoms with Crippen LogP contribution in [0.1, 0.15) is 49.9 Å². The Morgan fingerprint density at radius 2 is 0.543 bits per heavy atom. The SMILES string of the molecule is CC1(C)c2ccccc2N(c2ccc3c(-c4ccccc4-c4ccccc4)c4cc(N5c6ccccc6C(C)(C)c6ccccc65)ccc4c(-c4ccccc4-c4ccccc4)c3c2)c2ccccc21. The molecule has 2 heteroatoms. The number of hydrogen-bond donors (Lipinski definition) is 0. The minimum atomic E-state index is -0.173. The van der Waals surface area contributed by atoms with E-state index in [1.807, 2.05) is 0 Å². The molecule has 334 valence electrons. The zero-order valence-corrected chi connectivity index (χ0v) is 40.0. The van der Waals surface area contributed by atoms with Crippen LogP contribution in [0.4, 0.5) is 34.1 Å². The van der Waals surface area contributed by atoms with Gasteiger partial charge in [0.1, 0.15) is 0 Å². The van der Waals surface area contributed by atoms with Gasteiger partial charge in [-0.2, -0.15) is 0 Å². The first-order valence-electron chi connectivity index (χ1n) is 24.6. The van der Waals surface area contributed by atoms with Crippen LogP contribution in [-0.2, 0) is 10.8 Å². The van der Waals surface area contributed by atoms with Crippen LogP contribution >= 0.6 is 0 Å². The molecule has 0 fully saturated rings. The van der Waals surface area contributed by atoms with Crippen molar-refractivity contribution in [3.05, 3.63) is 265 Å². The number of hydrogen-bond acceptors (Lipinski definition) is 2. The second kappa shape index (κ2) is 16.1. The van der Waals surface area contributed by atoms with Gasteiger partial charge in [0.2, 0.25) is 0 Å². The third-order valence-corrected chi connectivity index (χ3v) is 15.4. The Balaban J connectivity index is 1.18. The summed E-state index contributed by atoms with van der Waals surface area (Å²) in [7, 11) is 0. The van der Waals surface area contributed by atoms with E-state index in [1.54, 1.807) is 0 Å². The van der Waals surface area contributed by atoms with Gasteiger partial charge in [0.15, 0.2) is 0 Å². The Labute approximate surface area is 411 Å². The monoisotopic (exact) mass is 896 g/mol. The van der Waals surface area contributed by atoms with E-state index >= 15 is 0 Å². The van der Waals surface area contributed by atoms with Crippen LogP contribution in [0, 0.1) is 0 Å². The van der Waals surface area contributed by atoms with Gasteiger partial charge in [0, 0.05) is 22.2 Å². The van der Waals surface area contributed by atoms with Crippen LogP contribution in [0.25, 0.3) is 66.1 Å². The number of benzene rings is 11. The molecule has 0 aromatic heterocycles. The summed E-state index contributed by atoms with van der Waals surface area (Å²) in [6.07, 6.45) is 0. The topological polar surface area (TPSA) is 6.48 Å². The van der Waals surface area contributed by atoms with E-state index in [0.29, 0.717) is 0 Å². The van der Waals surface area contributed by atoms with Crippen molar-refractivity contribution in [3.63, 3.8) is 0 Å². The van der Waals surface area contributed by atoms with Gasteiger partial charge in [0.05, 0.1) is 22.7 Å². The highest BCUT2D eigenvalue weighted by Gasteiger charge is 2.38. The summed E-state index contributed by atoms with van der Waals surface area (Å²) in [5, 5.41) is 4.81. The molecule has 0 spiro atoms. The number of nitrogens with zero attached hydrogens (tertiary/aromatic N) is 2. The van der Waals surface area contributed by atoms with E-state index in [1.165, 1.54) is 111 Å². The van der Waals surface area contributed by atoms with Crippen molar-refractivity contribution in [1.29, 1.82) is 0 Å². The average Bonchev–Trinajstić information content (AvgIpc) is 3.41. The molecule has 0 saturated carbocycles. The number of rotatable bonds is 6. The summed E-state index contributed by atoms with van der Waals surface area (Å²) >= 11 is 0. The van der Waals surface area contributed by atoms with Crippen molar-refractivity contribution in [3.8, 4) is 44.5 Å². The van der Waals surface area contributed by atoms with E-state index in [9.17, 15) is 0 Å². The Morgan fingerprint density at radius 3 is 0.886 bits per heavy atom. The predicted octanol–water partition coefficient (Wildman–Crippen LogP) is 18.9. The lowest BCUT2D eigenvalue weighted by atomic mass is 9.73. The van der Waals surface area contributed by atoms with E-state index in [4.69, 9.17) is 0 Å². The molecule has 2 aliphatic rings. The normalized spacial score (nSPS) is 14.2. The molecule has 11 aromatic carbocycles. The highest BCUT2D eigenvalue weighted by molar-refractivity contribution is 6.24. The molecular formula is C68H52N2. The van der Waals surface area contributed by atoms with Crippen molar-refractivity contribution < 1.29 is 0 Å². The van der Waals surface area contributed by atoms with Crippen molar-refractivity contribution in [1.82, 2.24) is 0 Å². The second-order valence-electron chi connectivity index (χ2n) is 20.0. The van der Waals surface area contributed by atoms with Crippen LogP contribution in [0.2, 0.25) is 0 Å². The van der Waals surface area contributed by atoms with E-state index in [2.05, 4.69) is 280 Å². The summed E-state index contributed by atoms with van der Waals surface area (Å²) in [6, 6.07) is 90.3. The van der Waals surface area contributed by atoms with Crippen molar-refractivity contribution in [2.45, 2.75) is 38.5 Å². The zero-order valence-electron chi connectivity index (χ0n) is 40.0. The molecule has 0 N–H and O–H groups in total. The molecule has 11 aromatic rings. The third-order valence-electron chi connectivity index (χ3n) is 15.4. The fourth-order valence-electron chi connectivity index (χ4n) is 12.1. The van der Waals surface area contributed by atoms with E-state index in [0.717, 1.165) is 11.4 Å². The Bertz CT molecular complexity index is 3490. The summed E-state index contributed by atoms with van der Waals surface area (Å²) in [5.74, 6) is 0. The standard InChI is InChI=1S/C68H52N2/c1-67(2)57-31-15-19-35-61(57)69(62-36-20-16-32-58(62)67)47-39-41-53-55(43-47)65(51-29-13-11-27-49(51)45-23-7-5-8-24-45)54-42-40-48(44-56(54)66(53)52-30-14-12-28-50(52)46-25-9-6-10-26-46)70-63-37-21-17-33-59(63)68(3,4)60-34-18-22-38-64(60)70/h5-44H,1-4H3. The van der Waals surface area contributed by atoms with Gasteiger partial charge in [-0.1, -0.05) is 222 Å². The molecule has 0 aliphatic carbocycles. The number of fused-ring (bicyclic) bond motifs is 6. The lowest BCUT2D eigenvalue weighted by molar-refractivity contribution is 0.632. The lowest BCUT2D eigenvalue weighted by Crippen LogP contribution is -2.30. The molecule has 0 atom stereocenters. The molecule has 2 heterocycles.